The van der Waals surface area contributed by atoms with Gasteiger partial charge >= 0.3 is 0 Å². The van der Waals surface area contributed by atoms with Gasteiger partial charge in [-0.05, 0) is 58.5 Å². The lowest BCUT2D eigenvalue weighted by Crippen LogP contribution is -2.02. The Balaban J connectivity index is 2.15. The van der Waals surface area contributed by atoms with E-state index in [0.717, 1.165) is 15.9 Å². The molecule has 0 saturated heterocycles. The summed E-state index contributed by atoms with van der Waals surface area (Å²) in [4.78, 5) is 0. The minimum Gasteiger partial charge on any atom is -0.378 e. The first-order chi connectivity index (χ1) is 7.66. The van der Waals surface area contributed by atoms with Gasteiger partial charge in [-0.3, -0.25) is 0 Å². The molecule has 0 aliphatic rings. The van der Waals surface area contributed by atoms with Gasteiger partial charge < -0.3 is 5.32 Å². The molecule has 1 N–H and O–H groups in total. The molecular formula is C11H12BrN3S. The lowest BCUT2D eigenvalue weighted by atomic mass is 10.1. The maximum absolute atomic E-state index is 4.00. The van der Waals surface area contributed by atoms with Gasteiger partial charge in [-0.2, -0.15) is 0 Å². The Morgan fingerprint density at radius 3 is 2.81 bits per heavy atom. The van der Waals surface area contributed by atoms with Crippen molar-refractivity contribution in [3.63, 3.8) is 0 Å². The van der Waals surface area contributed by atoms with E-state index in [4.69, 9.17) is 0 Å². The molecule has 16 heavy (non-hydrogen) atoms. The van der Waals surface area contributed by atoms with Crippen molar-refractivity contribution in [2.24, 2.45) is 0 Å². The topological polar surface area (TPSA) is 37.8 Å². The number of hydrogen-bond donors (Lipinski definition) is 1. The summed E-state index contributed by atoms with van der Waals surface area (Å²) in [7, 11) is 0. The largest absolute Gasteiger partial charge is 0.378 e. The van der Waals surface area contributed by atoms with E-state index >= 15 is 0 Å². The molecule has 0 amide bonds. The summed E-state index contributed by atoms with van der Waals surface area (Å²) >= 11 is 4.94. The lowest BCUT2D eigenvalue weighted by molar-refractivity contribution is 0.995. The van der Waals surface area contributed by atoms with Crippen molar-refractivity contribution >= 4 is 33.1 Å². The zero-order valence-electron chi connectivity index (χ0n) is 9.12. The molecule has 0 saturated carbocycles. The van der Waals surface area contributed by atoms with Gasteiger partial charge in [0.25, 0.3) is 0 Å². The van der Waals surface area contributed by atoms with Gasteiger partial charge in [-0.25, -0.2) is 0 Å². The molecule has 84 valence electrons. The first-order valence-corrected chi connectivity index (χ1v) is 6.56. The number of halogens is 1. The number of rotatable bonds is 3. The van der Waals surface area contributed by atoms with Gasteiger partial charge in [-0.1, -0.05) is 10.6 Å². The highest BCUT2D eigenvalue weighted by atomic mass is 79.9. The highest BCUT2D eigenvalue weighted by Gasteiger charge is 2.05. The molecule has 1 aromatic carbocycles. The standard InChI is InChI=1S/C11H12BrN3S/c1-7-3-8(2)11(10(12)4-7)13-5-9-6-16-15-14-9/h3-4,6,13H,5H2,1-2H3. The second kappa shape index (κ2) is 4.93. The van der Waals surface area contributed by atoms with Crippen molar-refractivity contribution in [2.45, 2.75) is 20.4 Å². The molecule has 1 heterocycles. The van der Waals surface area contributed by atoms with Crippen molar-refractivity contribution in [3.8, 4) is 0 Å². The molecule has 5 heteroatoms. The Morgan fingerprint density at radius 1 is 1.38 bits per heavy atom. The third-order valence-electron chi connectivity index (χ3n) is 2.28. The highest BCUT2D eigenvalue weighted by molar-refractivity contribution is 9.10. The summed E-state index contributed by atoms with van der Waals surface area (Å²) in [5, 5.41) is 9.32. The van der Waals surface area contributed by atoms with Crippen LogP contribution in [0.15, 0.2) is 22.0 Å². The SMILES string of the molecule is Cc1cc(C)c(NCc2csnn2)c(Br)c1. The number of anilines is 1. The van der Waals surface area contributed by atoms with Crippen molar-refractivity contribution in [3.05, 3.63) is 38.8 Å². The smallest absolute Gasteiger partial charge is 0.0946 e. The summed E-state index contributed by atoms with van der Waals surface area (Å²) in [5.74, 6) is 0. The van der Waals surface area contributed by atoms with E-state index in [1.54, 1.807) is 0 Å². The quantitative estimate of drug-likeness (QED) is 0.942. The van der Waals surface area contributed by atoms with Crippen molar-refractivity contribution in [1.82, 2.24) is 9.59 Å². The van der Waals surface area contributed by atoms with Crippen LogP contribution in [0.5, 0.6) is 0 Å². The van der Waals surface area contributed by atoms with Gasteiger partial charge in [0.2, 0.25) is 0 Å². The Hall–Kier alpha value is -0.940. The Labute approximate surface area is 107 Å². The molecule has 0 unspecified atom stereocenters. The molecule has 0 aliphatic carbocycles. The number of nitrogens with one attached hydrogen (secondary N) is 1. The van der Waals surface area contributed by atoms with Gasteiger partial charge in [-0.15, -0.1) is 5.10 Å². The van der Waals surface area contributed by atoms with E-state index in [1.807, 2.05) is 5.38 Å². The summed E-state index contributed by atoms with van der Waals surface area (Å²) in [6.45, 7) is 4.89. The first kappa shape index (κ1) is 11.5. The third-order valence-corrected chi connectivity index (χ3v) is 3.46. The molecule has 0 aliphatic heterocycles. The summed E-state index contributed by atoms with van der Waals surface area (Å²) in [6, 6.07) is 4.26. The highest BCUT2D eigenvalue weighted by Crippen LogP contribution is 2.28. The number of hydrogen-bond acceptors (Lipinski definition) is 4. The van der Waals surface area contributed by atoms with Gasteiger partial charge in [0.1, 0.15) is 0 Å². The zero-order valence-corrected chi connectivity index (χ0v) is 11.5. The normalized spacial score (nSPS) is 10.4. The lowest BCUT2D eigenvalue weighted by Gasteiger charge is -2.11. The van der Waals surface area contributed by atoms with E-state index in [-0.39, 0.29) is 0 Å². The summed E-state index contributed by atoms with van der Waals surface area (Å²) in [6.07, 6.45) is 0. The van der Waals surface area contributed by atoms with Crippen LogP contribution in [-0.4, -0.2) is 9.59 Å². The first-order valence-electron chi connectivity index (χ1n) is 4.93. The molecule has 1 aromatic heterocycles. The average molecular weight is 298 g/mol. The van der Waals surface area contributed by atoms with Crippen molar-refractivity contribution in [1.29, 1.82) is 0 Å². The molecule has 0 radical (unpaired) electrons. The second-order valence-electron chi connectivity index (χ2n) is 3.69. The van der Waals surface area contributed by atoms with E-state index < -0.39 is 0 Å². The third kappa shape index (κ3) is 2.59. The molecule has 2 aromatic rings. The minimum atomic E-state index is 0.707. The number of nitrogens with zero attached hydrogens (tertiary/aromatic N) is 2. The average Bonchev–Trinajstić information content (AvgIpc) is 2.68. The van der Waals surface area contributed by atoms with Crippen LogP contribution in [0, 0.1) is 13.8 Å². The van der Waals surface area contributed by atoms with Crippen molar-refractivity contribution in [2.75, 3.05) is 5.32 Å². The predicted molar refractivity (Wildman–Crippen MR) is 70.9 cm³/mol. The van der Waals surface area contributed by atoms with E-state index in [2.05, 4.69) is 56.8 Å². The zero-order chi connectivity index (χ0) is 11.5. The Bertz CT molecular complexity index is 459. The molecular weight excluding hydrogens is 286 g/mol. The summed E-state index contributed by atoms with van der Waals surface area (Å²) in [5.41, 5.74) is 4.58. The van der Waals surface area contributed by atoms with E-state index in [0.29, 0.717) is 6.54 Å². The Kier molecular flexibility index (Phi) is 3.56. The minimum absolute atomic E-state index is 0.707. The fraction of sp³-hybridized carbons (Fsp3) is 0.273. The second-order valence-corrected chi connectivity index (χ2v) is 5.15. The van der Waals surface area contributed by atoms with Gasteiger partial charge in [0, 0.05) is 9.85 Å². The van der Waals surface area contributed by atoms with Crippen LogP contribution in [0.4, 0.5) is 5.69 Å². The molecule has 0 atom stereocenters. The van der Waals surface area contributed by atoms with Crippen LogP contribution in [0.1, 0.15) is 16.8 Å². The van der Waals surface area contributed by atoms with E-state index in [9.17, 15) is 0 Å². The van der Waals surface area contributed by atoms with Crippen LogP contribution in [0.2, 0.25) is 0 Å². The van der Waals surface area contributed by atoms with Crippen LogP contribution in [0.3, 0.4) is 0 Å². The van der Waals surface area contributed by atoms with Crippen molar-refractivity contribution < 1.29 is 0 Å². The van der Waals surface area contributed by atoms with E-state index in [1.165, 1.54) is 22.7 Å². The maximum Gasteiger partial charge on any atom is 0.0946 e. The van der Waals surface area contributed by atoms with Crippen LogP contribution in [-0.2, 0) is 6.54 Å². The number of aryl methyl sites for hydroxylation is 2. The fourth-order valence-electron chi connectivity index (χ4n) is 1.58. The fourth-order valence-corrected chi connectivity index (χ4v) is 2.84. The van der Waals surface area contributed by atoms with Crippen LogP contribution >= 0.6 is 27.5 Å². The van der Waals surface area contributed by atoms with Gasteiger partial charge in [0.05, 0.1) is 17.9 Å². The molecule has 0 fully saturated rings. The molecule has 0 spiro atoms. The van der Waals surface area contributed by atoms with Gasteiger partial charge in [0.15, 0.2) is 0 Å². The monoisotopic (exact) mass is 297 g/mol. The molecule has 0 bridgehead atoms. The van der Waals surface area contributed by atoms with Crippen LogP contribution in [0.25, 0.3) is 0 Å². The molecule has 3 nitrogen and oxygen atoms in total. The predicted octanol–water partition coefficient (Wildman–Crippen LogP) is 3.53. The maximum atomic E-state index is 4.00. The number of benzene rings is 1. The number of aromatic nitrogens is 2. The van der Waals surface area contributed by atoms with Crippen LogP contribution < -0.4 is 5.32 Å². The molecule has 2 rings (SSSR count). The summed E-state index contributed by atoms with van der Waals surface area (Å²) < 4.78 is 4.92. The Morgan fingerprint density at radius 2 is 2.19 bits per heavy atom.